The summed E-state index contributed by atoms with van der Waals surface area (Å²) < 4.78 is 43.0. The molecule has 0 unspecified atom stereocenters. The first-order valence-electron chi connectivity index (χ1n) is 6.08. The summed E-state index contributed by atoms with van der Waals surface area (Å²) in [6, 6.07) is 6.90. The minimum atomic E-state index is -4.39. The van der Waals surface area contributed by atoms with Crippen LogP contribution in [0.4, 0.5) is 18.9 Å². The van der Waals surface area contributed by atoms with E-state index in [0.29, 0.717) is 18.0 Å². The maximum Gasteiger partial charge on any atom is 0.416 e. The van der Waals surface area contributed by atoms with E-state index in [9.17, 15) is 13.2 Å². The van der Waals surface area contributed by atoms with E-state index < -0.39 is 11.7 Å². The Morgan fingerprint density at radius 1 is 1.15 bits per heavy atom. The lowest BCUT2D eigenvalue weighted by Crippen LogP contribution is -2.06. The highest BCUT2D eigenvalue weighted by Crippen LogP contribution is 2.33. The highest BCUT2D eigenvalue weighted by atomic mass is 35.5. The molecule has 1 aromatic carbocycles. The van der Waals surface area contributed by atoms with Crippen molar-refractivity contribution in [3.63, 3.8) is 0 Å². The van der Waals surface area contributed by atoms with Gasteiger partial charge in [0.2, 0.25) is 0 Å². The average molecular weight is 304 g/mol. The van der Waals surface area contributed by atoms with Crippen molar-refractivity contribution in [2.24, 2.45) is 0 Å². The normalized spacial score (nSPS) is 11.7. The van der Waals surface area contributed by atoms with Gasteiger partial charge >= 0.3 is 6.18 Å². The number of halogens is 4. The molecule has 0 atom stereocenters. The van der Waals surface area contributed by atoms with Crippen LogP contribution in [0.25, 0.3) is 0 Å². The van der Waals surface area contributed by atoms with Crippen molar-refractivity contribution in [3.8, 4) is 0 Å². The number of aryl methyl sites for hydroxylation is 1. The quantitative estimate of drug-likeness (QED) is 0.847. The van der Waals surface area contributed by atoms with E-state index in [0.717, 1.165) is 24.3 Å². The number of anilines is 1. The van der Waals surface area contributed by atoms with Gasteiger partial charge in [0, 0.05) is 6.42 Å². The second-order valence-electron chi connectivity index (χ2n) is 4.27. The molecular formula is C14H13ClF3NO. The Morgan fingerprint density at radius 2 is 1.85 bits per heavy atom. The van der Waals surface area contributed by atoms with Crippen LogP contribution in [0.15, 0.2) is 34.7 Å². The number of rotatable bonds is 4. The monoisotopic (exact) mass is 303 g/mol. The second-order valence-corrected chi connectivity index (χ2v) is 4.67. The third-order valence-corrected chi connectivity index (χ3v) is 3.13. The van der Waals surface area contributed by atoms with Gasteiger partial charge < -0.3 is 9.73 Å². The summed E-state index contributed by atoms with van der Waals surface area (Å²) in [4.78, 5) is 0. The van der Waals surface area contributed by atoms with Gasteiger partial charge in [-0.15, -0.1) is 0 Å². The van der Waals surface area contributed by atoms with Crippen LogP contribution in [0.2, 0.25) is 5.02 Å². The molecule has 0 bridgehead atoms. The highest BCUT2D eigenvalue weighted by Gasteiger charge is 2.30. The molecule has 0 spiro atoms. The molecule has 0 saturated carbocycles. The first-order chi connectivity index (χ1) is 9.40. The van der Waals surface area contributed by atoms with Crippen molar-refractivity contribution >= 4 is 17.3 Å². The van der Waals surface area contributed by atoms with Gasteiger partial charge in [-0.3, -0.25) is 0 Å². The lowest BCUT2D eigenvalue weighted by Gasteiger charge is -2.11. The summed E-state index contributed by atoms with van der Waals surface area (Å²) in [6.07, 6.45) is -3.60. The van der Waals surface area contributed by atoms with E-state index >= 15 is 0 Å². The molecule has 0 radical (unpaired) electrons. The van der Waals surface area contributed by atoms with Crippen LogP contribution in [0, 0.1) is 0 Å². The molecule has 108 valence electrons. The fourth-order valence-corrected chi connectivity index (χ4v) is 1.97. The summed E-state index contributed by atoms with van der Waals surface area (Å²) in [5, 5.41) is 2.98. The molecule has 2 aromatic rings. The molecule has 1 aromatic heterocycles. The fourth-order valence-electron chi connectivity index (χ4n) is 1.72. The molecule has 20 heavy (non-hydrogen) atoms. The zero-order chi connectivity index (χ0) is 14.8. The smallest absolute Gasteiger partial charge is 0.416 e. The Kier molecular flexibility index (Phi) is 4.28. The number of alkyl halides is 3. The van der Waals surface area contributed by atoms with Crippen LogP contribution in [-0.2, 0) is 19.1 Å². The van der Waals surface area contributed by atoms with Crippen LogP contribution in [0.1, 0.15) is 24.0 Å². The molecule has 2 rings (SSSR count). The van der Waals surface area contributed by atoms with E-state index in [4.69, 9.17) is 16.0 Å². The zero-order valence-electron chi connectivity index (χ0n) is 10.7. The molecule has 0 saturated heterocycles. The van der Waals surface area contributed by atoms with Crippen molar-refractivity contribution in [2.45, 2.75) is 26.1 Å². The molecular weight excluding hydrogens is 291 g/mol. The summed E-state index contributed by atoms with van der Waals surface area (Å²) >= 11 is 5.84. The first-order valence-corrected chi connectivity index (χ1v) is 6.46. The van der Waals surface area contributed by atoms with Gasteiger partial charge in [-0.25, -0.2) is 0 Å². The van der Waals surface area contributed by atoms with Crippen LogP contribution in [-0.4, -0.2) is 0 Å². The minimum Gasteiger partial charge on any atom is -0.464 e. The highest BCUT2D eigenvalue weighted by molar-refractivity contribution is 6.33. The summed E-state index contributed by atoms with van der Waals surface area (Å²) in [5.41, 5.74) is -0.326. The van der Waals surface area contributed by atoms with Crippen LogP contribution >= 0.6 is 11.6 Å². The first kappa shape index (κ1) is 14.8. The predicted octanol–water partition coefficient (Wildman–Crippen LogP) is 5.13. The molecule has 1 N–H and O–H groups in total. The molecule has 2 nitrogen and oxygen atoms in total. The summed E-state index contributed by atoms with van der Waals surface area (Å²) in [5.74, 6) is 1.57. The van der Waals surface area contributed by atoms with E-state index in [1.165, 1.54) is 6.07 Å². The van der Waals surface area contributed by atoms with Crippen LogP contribution in [0.5, 0.6) is 0 Å². The molecule has 0 aliphatic rings. The van der Waals surface area contributed by atoms with E-state index in [2.05, 4.69) is 5.32 Å². The largest absolute Gasteiger partial charge is 0.464 e. The van der Waals surface area contributed by atoms with Crippen molar-refractivity contribution in [3.05, 3.63) is 52.4 Å². The van der Waals surface area contributed by atoms with Crippen molar-refractivity contribution < 1.29 is 17.6 Å². The number of benzene rings is 1. The van der Waals surface area contributed by atoms with Gasteiger partial charge in [0.25, 0.3) is 0 Å². The third-order valence-electron chi connectivity index (χ3n) is 2.82. The number of hydrogen-bond acceptors (Lipinski definition) is 2. The lowest BCUT2D eigenvalue weighted by molar-refractivity contribution is -0.137. The fraction of sp³-hybridized carbons (Fsp3) is 0.286. The number of nitrogens with one attached hydrogen (secondary N) is 1. The van der Waals surface area contributed by atoms with Gasteiger partial charge in [-0.05, 0) is 30.3 Å². The minimum absolute atomic E-state index is 0.0297. The van der Waals surface area contributed by atoms with Gasteiger partial charge in [0.1, 0.15) is 11.5 Å². The Hall–Kier alpha value is -1.62. The van der Waals surface area contributed by atoms with Gasteiger partial charge in [-0.2, -0.15) is 13.2 Å². The number of furan rings is 1. The topological polar surface area (TPSA) is 25.2 Å². The predicted molar refractivity (Wildman–Crippen MR) is 71.9 cm³/mol. The van der Waals surface area contributed by atoms with E-state index in [1.807, 2.05) is 19.1 Å². The third kappa shape index (κ3) is 3.48. The molecule has 6 heteroatoms. The van der Waals surface area contributed by atoms with Gasteiger partial charge in [-0.1, -0.05) is 18.5 Å². The molecule has 0 aliphatic carbocycles. The van der Waals surface area contributed by atoms with Crippen LogP contribution in [0.3, 0.4) is 0 Å². The standard InChI is InChI=1S/C14H13ClF3NO/c1-2-10-4-5-11(20-10)8-19-13-6-3-9(7-12(13)15)14(16,17)18/h3-7,19H,2,8H2,1H3. The number of hydrogen-bond donors (Lipinski definition) is 1. The Morgan fingerprint density at radius 3 is 2.40 bits per heavy atom. The second kappa shape index (κ2) is 5.79. The maximum atomic E-state index is 12.5. The molecule has 0 fully saturated rings. The zero-order valence-corrected chi connectivity index (χ0v) is 11.5. The van der Waals surface area contributed by atoms with Crippen LogP contribution < -0.4 is 5.32 Å². The van der Waals surface area contributed by atoms with Gasteiger partial charge in [0.15, 0.2) is 0 Å². The van der Waals surface area contributed by atoms with E-state index in [1.54, 1.807) is 0 Å². The Balaban J connectivity index is 2.06. The average Bonchev–Trinajstić information content (AvgIpc) is 2.84. The SMILES string of the molecule is CCc1ccc(CNc2ccc(C(F)(F)F)cc2Cl)o1. The summed E-state index contributed by atoms with van der Waals surface area (Å²) in [6.45, 7) is 2.34. The van der Waals surface area contributed by atoms with Gasteiger partial charge in [0.05, 0.1) is 22.8 Å². The molecule has 0 amide bonds. The molecule has 1 heterocycles. The maximum absolute atomic E-state index is 12.5. The Labute approximate surface area is 119 Å². The van der Waals surface area contributed by atoms with Crippen molar-refractivity contribution in [1.82, 2.24) is 0 Å². The van der Waals surface area contributed by atoms with Crippen molar-refractivity contribution in [1.29, 1.82) is 0 Å². The van der Waals surface area contributed by atoms with E-state index in [-0.39, 0.29) is 5.02 Å². The Bertz CT molecular complexity index is 592. The molecule has 0 aliphatic heterocycles. The lowest BCUT2D eigenvalue weighted by atomic mass is 10.2. The summed E-state index contributed by atoms with van der Waals surface area (Å²) in [7, 11) is 0. The van der Waals surface area contributed by atoms with Crippen molar-refractivity contribution in [2.75, 3.05) is 5.32 Å².